The maximum absolute atomic E-state index is 12.2. The normalized spacial score (nSPS) is 15.0. The Kier molecular flexibility index (Phi) is 4.34. The average Bonchev–Trinajstić information content (AvgIpc) is 2.42. The van der Waals surface area contributed by atoms with Crippen LogP contribution in [-0.4, -0.2) is 34.4 Å². The molecule has 0 spiro atoms. The highest BCUT2D eigenvalue weighted by molar-refractivity contribution is 6.04. The zero-order chi connectivity index (χ0) is 14.5. The van der Waals surface area contributed by atoms with Crippen LogP contribution in [0.3, 0.4) is 0 Å². The van der Waals surface area contributed by atoms with E-state index in [-0.39, 0.29) is 5.91 Å². The number of para-hydroxylation sites is 1. The fraction of sp³-hybridized carbons (Fsp3) is 0.357. The number of carbonyl (C=O) groups excluding carboxylic acids is 2. The minimum atomic E-state index is -1.21. The first-order valence-corrected chi connectivity index (χ1v) is 6.49. The van der Waals surface area contributed by atoms with Gasteiger partial charge in [0.1, 0.15) is 6.42 Å². The van der Waals surface area contributed by atoms with Gasteiger partial charge < -0.3 is 5.11 Å². The van der Waals surface area contributed by atoms with E-state index in [1.807, 2.05) is 0 Å². The van der Waals surface area contributed by atoms with Gasteiger partial charge in [-0.3, -0.25) is 14.4 Å². The van der Waals surface area contributed by atoms with Crippen molar-refractivity contribution in [3.63, 3.8) is 0 Å². The number of anilines is 1. The van der Waals surface area contributed by atoms with Crippen LogP contribution < -0.4 is 5.01 Å². The van der Waals surface area contributed by atoms with Crippen LogP contribution in [0.25, 0.3) is 0 Å². The quantitative estimate of drug-likeness (QED) is 0.844. The van der Waals surface area contributed by atoms with Crippen LogP contribution in [0.4, 0.5) is 5.69 Å². The second-order valence-electron chi connectivity index (χ2n) is 4.59. The van der Waals surface area contributed by atoms with Crippen molar-refractivity contribution in [1.29, 1.82) is 0 Å². The molecule has 0 atom stereocenters. The van der Waals surface area contributed by atoms with Crippen molar-refractivity contribution < 1.29 is 19.5 Å². The number of carboxylic acids is 1. The Labute approximate surface area is 116 Å². The molecule has 0 aliphatic carbocycles. The van der Waals surface area contributed by atoms with E-state index in [0.29, 0.717) is 18.7 Å². The fourth-order valence-electron chi connectivity index (χ4n) is 2.19. The van der Waals surface area contributed by atoms with Crippen LogP contribution in [-0.2, 0) is 14.4 Å². The van der Waals surface area contributed by atoms with Crippen LogP contribution in [0.15, 0.2) is 30.3 Å². The van der Waals surface area contributed by atoms with Gasteiger partial charge in [0.15, 0.2) is 0 Å². The molecule has 0 unspecified atom stereocenters. The van der Waals surface area contributed by atoms with E-state index in [0.717, 1.165) is 12.8 Å². The minimum absolute atomic E-state index is 0.154. The average molecular weight is 276 g/mol. The van der Waals surface area contributed by atoms with Crippen molar-refractivity contribution in [2.45, 2.75) is 25.7 Å². The van der Waals surface area contributed by atoms with Gasteiger partial charge in [-0.15, -0.1) is 0 Å². The molecule has 0 aromatic heterocycles. The molecule has 2 amide bonds. The number of aliphatic carboxylic acids is 1. The number of rotatable bonds is 4. The lowest BCUT2D eigenvalue weighted by Crippen LogP contribution is -2.52. The molecule has 1 heterocycles. The number of nitrogens with zero attached hydrogens (tertiary/aromatic N) is 2. The SMILES string of the molecule is O=C(O)CC(=O)N(c1ccccc1)N1CCCCC1=O. The maximum atomic E-state index is 12.2. The third-order valence-corrected chi connectivity index (χ3v) is 3.08. The Balaban J connectivity index is 2.30. The summed E-state index contributed by atoms with van der Waals surface area (Å²) < 4.78 is 0. The first-order chi connectivity index (χ1) is 9.59. The molecule has 6 nitrogen and oxygen atoms in total. The molecule has 1 aliphatic heterocycles. The number of hydrogen-bond acceptors (Lipinski definition) is 3. The van der Waals surface area contributed by atoms with Crippen molar-refractivity contribution in [3.05, 3.63) is 30.3 Å². The van der Waals surface area contributed by atoms with Gasteiger partial charge in [0, 0.05) is 13.0 Å². The first-order valence-electron chi connectivity index (χ1n) is 6.49. The molecule has 1 saturated heterocycles. The highest BCUT2D eigenvalue weighted by atomic mass is 16.4. The van der Waals surface area contributed by atoms with E-state index < -0.39 is 18.3 Å². The number of carboxylic acid groups (broad SMARTS) is 1. The molecule has 1 fully saturated rings. The topological polar surface area (TPSA) is 77.9 Å². The number of hydrogen-bond donors (Lipinski definition) is 1. The summed E-state index contributed by atoms with van der Waals surface area (Å²) in [6, 6.07) is 8.64. The number of benzene rings is 1. The molecular formula is C14H16N2O4. The van der Waals surface area contributed by atoms with E-state index >= 15 is 0 Å². The lowest BCUT2D eigenvalue weighted by molar-refractivity contribution is -0.144. The summed E-state index contributed by atoms with van der Waals surface area (Å²) in [6.45, 7) is 0.430. The van der Waals surface area contributed by atoms with Crippen LogP contribution in [0, 0.1) is 0 Å². The molecule has 0 saturated carbocycles. The molecule has 0 bridgehead atoms. The second kappa shape index (κ2) is 6.18. The Morgan fingerprint density at radius 3 is 2.50 bits per heavy atom. The molecule has 106 valence electrons. The summed E-state index contributed by atoms with van der Waals surface area (Å²) in [5.74, 6) is -1.97. The second-order valence-corrected chi connectivity index (χ2v) is 4.59. The zero-order valence-electron chi connectivity index (χ0n) is 11.0. The van der Waals surface area contributed by atoms with Gasteiger partial charge in [0.2, 0.25) is 5.91 Å². The van der Waals surface area contributed by atoms with Crippen molar-refractivity contribution in [1.82, 2.24) is 5.01 Å². The molecule has 1 N–H and O–H groups in total. The van der Waals surface area contributed by atoms with Gasteiger partial charge in [0.25, 0.3) is 5.91 Å². The van der Waals surface area contributed by atoms with Gasteiger partial charge in [-0.2, -0.15) is 0 Å². The molecule has 1 aliphatic rings. The Morgan fingerprint density at radius 2 is 1.90 bits per heavy atom. The highest BCUT2D eigenvalue weighted by Crippen LogP contribution is 2.21. The van der Waals surface area contributed by atoms with Crippen molar-refractivity contribution in [2.24, 2.45) is 0 Å². The monoisotopic (exact) mass is 276 g/mol. The lowest BCUT2D eigenvalue weighted by Gasteiger charge is -2.36. The molecule has 6 heteroatoms. The third kappa shape index (κ3) is 3.14. The summed E-state index contributed by atoms with van der Waals surface area (Å²) in [6.07, 6.45) is 1.34. The molecule has 20 heavy (non-hydrogen) atoms. The molecule has 1 aromatic carbocycles. The molecule has 1 aromatic rings. The van der Waals surface area contributed by atoms with Gasteiger partial charge in [-0.25, -0.2) is 10.0 Å². The number of piperidine rings is 1. The Hall–Kier alpha value is -2.37. The van der Waals surface area contributed by atoms with Crippen molar-refractivity contribution in [3.8, 4) is 0 Å². The number of carbonyl (C=O) groups is 3. The van der Waals surface area contributed by atoms with Crippen LogP contribution in [0.1, 0.15) is 25.7 Å². The van der Waals surface area contributed by atoms with Crippen molar-refractivity contribution in [2.75, 3.05) is 11.6 Å². The lowest BCUT2D eigenvalue weighted by atomic mass is 10.1. The van der Waals surface area contributed by atoms with Crippen LogP contribution in [0.2, 0.25) is 0 Å². The molecule has 0 radical (unpaired) electrons. The zero-order valence-corrected chi connectivity index (χ0v) is 11.0. The van der Waals surface area contributed by atoms with Crippen LogP contribution >= 0.6 is 0 Å². The first kappa shape index (κ1) is 14.0. The summed E-state index contributed by atoms with van der Waals surface area (Å²) >= 11 is 0. The Morgan fingerprint density at radius 1 is 1.20 bits per heavy atom. The van der Waals surface area contributed by atoms with Crippen molar-refractivity contribution >= 4 is 23.5 Å². The maximum Gasteiger partial charge on any atom is 0.312 e. The molecule has 2 rings (SSSR count). The Bertz CT molecular complexity index is 515. The van der Waals surface area contributed by atoms with E-state index in [9.17, 15) is 14.4 Å². The summed E-state index contributed by atoms with van der Waals surface area (Å²) in [5.41, 5.74) is 0.508. The fourth-order valence-corrected chi connectivity index (χ4v) is 2.19. The largest absolute Gasteiger partial charge is 0.481 e. The predicted molar refractivity (Wildman–Crippen MR) is 71.7 cm³/mol. The summed E-state index contributed by atoms with van der Waals surface area (Å²) in [5, 5.41) is 11.3. The van der Waals surface area contributed by atoms with E-state index in [4.69, 9.17) is 5.11 Å². The van der Waals surface area contributed by atoms with Gasteiger partial charge in [-0.1, -0.05) is 18.2 Å². The predicted octanol–water partition coefficient (Wildman–Crippen LogP) is 1.42. The van der Waals surface area contributed by atoms with Gasteiger partial charge in [-0.05, 0) is 25.0 Å². The summed E-state index contributed by atoms with van der Waals surface area (Å²) in [4.78, 5) is 34.9. The summed E-state index contributed by atoms with van der Waals surface area (Å²) in [7, 11) is 0. The highest BCUT2D eigenvalue weighted by Gasteiger charge is 2.30. The van der Waals surface area contributed by atoms with Crippen LogP contribution in [0.5, 0.6) is 0 Å². The van der Waals surface area contributed by atoms with E-state index in [1.54, 1.807) is 30.3 Å². The van der Waals surface area contributed by atoms with E-state index in [1.165, 1.54) is 10.0 Å². The van der Waals surface area contributed by atoms with Gasteiger partial charge in [0.05, 0.1) is 5.69 Å². The standard InChI is InChI=1S/C14H16N2O4/c17-12-8-4-5-9-15(12)16(13(18)10-14(19)20)11-6-2-1-3-7-11/h1-3,6-7H,4-5,8-10H2,(H,19,20). The smallest absolute Gasteiger partial charge is 0.312 e. The third-order valence-electron chi connectivity index (χ3n) is 3.08. The number of hydrazine groups is 1. The number of amides is 2. The molecular weight excluding hydrogens is 260 g/mol. The van der Waals surface area contributed by atoms with Gasteiger partial charge >= 0.3 is 5.97 Å². The van der Waals surface area contributed by atoms with E-state index in [2.05, 4.69) is 0 Å². The minimum Gasteiger partial charge on any atom is -0.481 e.